The van der Waals surface area contributed by atoms with Crippen molar-refractivity contribution in [3.63, 3.8) is 0 Å². The van der Waals surface area contributed by atoms with Crippen molar-refractivity contribution in [3.8, 4) is 29.1 Å². The average Bonchev–Trinajstić information content (AvgIpc) is 3.64. The Kier molecular flexibility index (Phi) is 10.1. The number of alkyl halides is 3. The van der Waals surface area contributed by atoms with Crippen LogP contribution in [-0.2, 0) is 33.3 Å². The smallest absolute Gasteiger partial charge is 0.416 e. The first kappa shape index (κ1) is 37.3. The van der Waals surface area contributed by atoms with Gasteiger partial charge in [-0.05, 0) is 81.1 Å². The first-order chi connectivity index (χ1) is 25.9. The lowest BCUT2D eigenvalue weighted by Crippen LogP contribution is -2.68. The molecule has 54 heavy (non-hydrogen) atoms. The zero-order chi connectivity index (χ0) is 38.5. The number of hydrogen-bond acceptors (Lipinski definition) is 10. The summed E-state index contributed by atoms with van der Waals surface area (Å²) in [5.41, 5.74) is 5.88. The molecule has 284 valence electrons. The molecule has 3 aromatic carbocycles. The maximum Gasteiger partial charge on any atom is 0.416 e. The number of aryl methyl sites for hydroxylation is 1. The summed E-state index contributed by atoms with van der Waals surface area (Å²) >= 11 is 0. The lowest BCUT2D eigenvalue weighted by molar-refractivity contribution is -0.143. The zero-order valence-corrected chi connectivity index (χ0v) is 30.8. The van der Waals surface area contributed by atoms with Crippen LogP contribution in [0.5, 0.6) is 23.0 Å². The zero-order valence-electron chi connectivity index (χ0n) is 30.8. The molecule has 5 atom stereocenters. The molecule has 13 heteroatoms. The molecular weight excluding hydrogens is 703 g/mol. The molecule has 0 N–H and O–H groups in total. The molecule has 0 radical (unpaired) electrons. The molecule has 1 fully saturated rings. The molecule has 3 aromatic rings. The number of halogens is 3. The second kappa shape index (κ2) is 14.7. The fourth-order valence-electron chi connectivity index (χ4n) is 8.67. The van der Waals surface area contributed by atoms with Crippen molar-refractivity contribution < 1.29 is 46.4 Å². The largest absolute Gasteiger partial charge is 0.489 e. The van der Waals surface area contributed by atoms with Gasteiger partial charge in [0, 0.05) is 47.5 Å². The number of methoxy groups -OCH3 is 1. The lowest BCUT2D eigenvalue weighted by Gasteiger charge is -2.60. The monoisotopic (exact) mass is 745 g/mol. The number of nitriles is 1. The van der Waals surface area contributed by atoms with E-state index in [2.05, 4.69) is 35.4 Å². The lowest BCUT2D eigenvalue weighted by atomic mass is 9.71. The van der Waals surface area contributed by atoms with Gasteiger partial charge < -0.3 is 28.4 Å². The Morgan fingerprint density at radius 2 is 1.83 bits per heavy atom. The van der Waals surface area contributed by atoms with E-state index in [0.29, 0.717) is 35.7 Å². The minimum absolute atomic E-state index is 0.0228. The van der Waals surface area contributed by atoms with Crippen molar-refractivity contribution in [1.29, 1.82) is 5.26 Å². The van der Waals surface area contributed by atoms with E-state index < -0.39 is 29.8 Å². The van der Waals surface area contributed by atoms with Crippen molar-refractivity contribution >= 4 is 12.0 Å². The summed E-state index contributed by atoms with van der Waals surface area (Å²) in [6.45, 7) is 9.91. The molecule has 1 unspecified atom stereocenters. The summed E-state index contributed by atoms with van der Waals surface area (Å²) in [6.07, 6.45) is 0.558. The summed E-state index contributed by atoms with van der Waals surface area (Å²) < 4.78 is 76.1. The Balaban J connectivity index is 1.35. The summed E-state index contributed by atoms with van der Waals surface area (Å²) in [7, 11) is 3.62. The van der Waals surface area contributed by atoms with Crippen LogP contribution < -0.4 is 18.9 Å². The van der Waals surface area contributed by atoms with Crippen LogP contribution in [0.4, 0.5) is 13.2 Å². The van der Waals surface area contributed by atoms with Crippen molar-refractivity contribution in [2.24, 2.45) is 0 Å². The van der Waals surface area contributed by atoms with E-state index in [-0.39, 0.29) is 50.5 Å². The molecule has 0 aliphatic carbocycles. The van der Waals surface area contributed by atoms with Gasteiger partial charge in [-0.25, -0.2) is 4.79 Å². The van der Waals surface area contributed by atoms with Crippen LogP contribution in [0, 0.1) is 32.1 Å². The van der Waals surface area contributed by atoms with Gasteiger partial charge in [0.05, 0.1) is 23.7 Å². The van der Waals surface area contributed by atoms with Crippen molar-refractivity contribution in [2.45, 2.75) is 70.0 Å². The van der Waals surface area contributed by atoms with Crippen molar-refractivity contribution in [1.82, 2.24) is 9.80 Å². The molecule has 4 heterocycles. The van der Waals surface area contributed by atoms with Crippen molar-refractivity contribution in [2.75, 3.05) is 41.0 Å². The van der Waals surface area contributed by atoms with Crippen LogP contribution in [0.2, 0.25) is 0 Å². The summed E-state index contributed by atoms with van der Waals surface area (Å²) in [5.74, 6) is 1.62. The third-order valence-electron chi connectivity index (χ3n) is 11.1. The highest BCUT2D eigenvalue weighted by Gasteiger charge is 2.57. The van der Waals surface area contributed by atoms with Gasteiger partial charge in [0.25, 0.3) is 0 Å². The number of esters is 1. The van der Waals surface area contributed by atoms with Gasteiger partial charge in [-0.1, -0.05) is 30.9 Å². The predicted molar refractivity (Wildman–Crippen MR) is 192 cm³/mol. The standard InChI is InChI=1S/C41H42F3N3O7/c1-7-13-50-37-24(4)39-40(54-21-53-39)35-28(37)17-30-36-34-26(14-22(2)23(3)38(34)52-20-49-6)16-29(46(36)5)31(18-45)47(30)32(35)19-51-33(48)12-11-25-9-8-10-27(15-25)41(42,43)44/h7-12,14-15,29-32,36H,1,13,16-17,19-21H2,2-6H3/b12-11+/t29-,30?,31-,32-,36-/m0/s1. The van der Waals surface area contributed by atoms with Crippen LogP contribution >= 0.6 is 0 Å². The van der Waals surface area contributed by atoms with E-state index in [9.17, 15) is 23.2 Å². The molecule has 2 bridgehead atoms. The van der Waals surface area contributed by atoms with Crippen LogP contribution in [0.25, 0.3) is 6.08 Å². The first-order valence-electron chi connectivity index (χ1n) is 17.7. The minimum atomic E-state index is -4.53. The van der Waals surface area contributed by atoms with E-state index in [4.69, 9.17) is 28.4 Å². The number of nitrogens with zero attached hydrogens (tertiary/aromatic N) is 3. The Hall–Kier alpha value is -5.03. The summed E-state index contributed by atoms with van der Waals surface area (Å²) in [4.78, 5) is 17.8. The fraction of sp³-hybridized carbons (Fsp3) is 0.415. The fourth-order valence-corrected chi connectivity index (χ4v) is 8.67. The van der Waals surface area contributed by atoms with Gasteiger partial charge >= 0.3 is 12.1 Å². The summed E-state index contributed by atoms with van der Waals surface area (Å²) in [5, 5.41) is 11.0. The number of rotatable bonds is 10. The summed E-state index contributed by atoms with van der Waals surface area (Å²) in [6, 6.07) is 7.35. The number of carbonyl (C=O) groups excluding carboxylic acids is 1. The first-order valence-corrected chi connectivity index (χ1v) is 17.7. The van der Waals surface area contributed by atoms with Gasteiger partial charge in [0.2, 0.25) is 6.79 Å². The van der Waals surface area contributed by atoms with Crippen LogP contribution in [0.3, 0.4) is 0 Å². The van der Waals surface area contributed by atoms with Crippen LogP contribution in [0.15, 0.2) is 49.1 Å². The second-order valence-electron chi connectivity index (χ2n) is 14.1. The highest BCUT2D eigenvalue weighted by atomic mass is 19.4. The molecule has 10 nitrogen and oxygen atoms in total. The molecular formula is C41H42F3N3O7. The van der Waals surface area contributed by atoms with Gasteiger partial charge in [-0.2, -0.15) is 18.4 Å². The number of likely N-dealkylation sites (N-methyl/N-ethyl adjacent to an activating group) is 1. The molecule has 4 aliphatic heterocycles. The minimum Gasteiger partial charge on any atom is -0.489 e. The van der Waals surface area contributed by atoms with E-state index >= 15 is 0 Å². The van der Waals surface area contributed by atoms with Crippen LogP contribution in [-0.4, -0.2) is 74.9 Å². The van der Waals surface area contributed by atoms with Gasteiger partial charge in [0.1, 0.15) is 30.8 Å². The number of piperazine rings is 1. The van der Waals surface area contributed by atoms with Gasteiger partial charge in [-0.15, -0.1) is 0 Å². The number of benzene rings is 3. The van der Waals surface area contributed by atoms with Gasteiger partial charge in [-0.3, -0.25) is 9.80 Å². The maximum atomic E-state index is 13.3. The van der Waals surface area contributed by atoms with Gasteiger partial charge in [0.15, 0.2) is 18.3 Å². The third-order valence-corrected chi connectivity index (χ3v) is 11.1. The van der Waals surface area contributed by atoms with Crippen molar-refractivity contribution in [3.05, 3.63) is 99.1 Å². The maximum absolute atomic E-state index is 13.3. The SMILES string of the molecule is C=CCOc1c(C)c2c(c3c1CC1[C@H]4c5c(cc(C)c(C)c5OCOC)C[C@@H]([C@H](C#N)N1[C@H]3COC(=O)/C=C/c1cccc(C(F)(F)F)c1)N4C)OCO2. The second-order valence-corrected chi connectivity index (χ2v) is 14.1. The normalized spacial score (nSPS) is 22.9. The highest BCUT2D eigenvalue weighted by Crippen LogP contribution is 2.58. The molecule has 0 saturated carbocycles. The Morgan fingerprint density at radius 3 is 2.56 bits per heavy atom. The number of hydrogen-bond donors (Lipinski definition) is 0. The van der Waals surface area contributed by atoms with E-state index in [1.807, 2.05) is 20.9 Å². The highest BCUT2D eigenvalue weighted by molar-refractivity contribution is 5.87. The Morgan fingerprint density at radius 1 is 1.06 bits per heavy atom. The quantitative estimate of drug-likeness (QED) is 0.0940. The Bertz CT molecular complexity index is 2060. The molecule has 1 saturated heterocycles. The Labute approximate surface area is 312 Å². The topological polar surface area (TPSA) is 103 Å². The molecule has 0 spiro atoms. The average molecular weight is 746 g/mol. The third kappa shape index (κ3) is 6.36. The molecule has 0 amide bonds. The molecule has 4 aliphatic rings. The molecule has 0 aromatic heterocycles. The van der Waals surface area contributed by atoms with E-state index in [1.54, 1.807) is 13.2 Å². The predicted octanol–water partition coefficient (Wildman–Crippen LogP) is 6.93. The number of ether oxygens (including phenoxy) is 6. The van der Waals surface area contributed by atoms with E-state index in [0.717, 1.165) is 57.3 Å². The van der Waals surface area contributed by atoms with Crippen LogP contribution in [0.1, 0.15) is 62.2 Å². The van der Waals surface area contributed by atoms with E-state index in [1.165, 1.54) is 18.2 Å². The molecule has 7 rings (SSSR count). The number of carbonyl (C=O) groups is 1. The number of fused-ring (bicyclic) bond motifs is 9.